The second kappa shape index (κ2) is 11.5. The summed E-state index contributed by atoms with van der Waals surface area (Å²) in [6.45, 7) is 3.96. The van der Waals surface area contributed by atoms with Crippen molar-refractivity contribution >= 4 is 27.5 Å². The minimum absolute atomic E-state index is 0.0193. The Kier molecular flexibility index (Phi) is 8.76. The van der Waals surface area contributed by atoms with Crippen molar-refractivity contribution in [2.24, 2.45) is 5.92 Å². The quantitative estimate of drug-likeness (QED) is 0.531. The van der Waals surface area contributed by atoms with Crippen LogP contribution >= 0.6 is 0 Å². The van der Waals surface area contributed by atoms with Crippen LogP contribution in [0.25, 0.3) is 0 Å². The van der Waals surface area contributed by atoms with E-state index in [2.05, 4.69) is 10.0 Å². The Balaban J connectivity index is 1.83. The second-order valence-corrected chi connectivity index (χ2v) is 10.2. The Morgan fingerprint density at radius 2 is 1.79 bits per heavy atom. The molecule has 2 amide bonds. The monoisotopic (exact) mass is 491 g/mol. The van der Waals surface area contributed by atoms with Crippen molar-refractivity contribution in [1.82, 2.24) is 10.0 Å². The van der Waals surface area contributed by atoms with Crippen molar-refractivity contribution in [2.75, 3.05) is 24.6 Å². The number of nitrogens with zero attached hydrogens (tertiary/aromatic N) is 1. The van der Waals surface area contributed by atoms with Gasteiger partial charge in [0.15, 0.2) is 0 Å². The van der Waals surface area contributed by atoms with E-state index in [0.29, 0.717) is 13.2 Å². The van der Waals surface area contributed by atoms with Gasteiger partial charge >= 0.3 is 0 Å². The number of hydrogen-bond acceptors (Lipinski definition) is 5. The van der Waals surface area contributed by atoms with E-state index in [9.17, 15) is 22.4 Å². The van der Waals surface area contributed by atoms with Gasteiger partial charge in [-0.1, -0.05) is 32.0 Å². The molecule has 34 heavy (non-hydrogen) atoms. The molecule has 0 saturated carbocycles. The molecular formula is C24H30FN3O5S. The molecule has 2 aromatic carbocycles. The van der Waals surface area contributed by atoms with E-state index in [0.717, 1.165) is 12.8 Å². The number of rotatable bonds is 10. The number of hydrogen-bond donors (Lipinski definition) is 2. The van der Waals surface area contributed by atoms with Crippen molar-refractivity contribution in [1.29, 1.82) is 0 Å². The van der Waals surface area contributed by atoms with Gasteiger partial charge in [-0.05, 0) is 55.2 Å². The van der Waals surface area contributed by atoms with Crippen LogP contribution in [0.4, 0.5) is 10.1 Å². The summed E-state index contributed by atoms with van der Waals surface area (Å²) in [6.07, 6.45) is 1.69. The van der Waals surface area contributed by atoms with Crippen LogP contribution in [-0.4, -0.2) is 52.1 Å². The van der Waals surface area contributed by atoms with E-state index < -0.39 is 40.2 Å². The summed E-state index contributed by atoms with van der Waals surface area (Å²) in [5.74, 6) is -1.85. The Labute approximate surface area is 199 Å². The third-order valence-corrected chi connectivity index (χ3v) is 6.96. The number of ether oxygens (including phenoxy) is 1. The smallest absolute Gasteiger partial charge is 0.243 e. The molecule has 1 aliphatic rings. The maximum Gasteiger partial charge on any atom is 0.243 e. The molecule has 8 nitrogen and oxygen atoms in total. The molecule has 0 unspecified atom stereocenters. The summed E-state index contributed by atoms with van der Waals surface area (Å²) < 4.78 is 46.6. The topological polar surface area (TPSA) is 105 Å². The Morgan fingerprint density at radius 3 is 2.38 bits per heavy atom. The van der Waals surface area contributed by atoms with Crippen molar-refractivity contribution in [3.05, 3.63) is 60.4 Å². The summed E-state index contributed by atoms with van der Waals surface area (Å²) in [5.41, 5.74) is 0.288. The molecule has 0 bridgehead atoms. The molecule has 1 heterocycles. The highest BCUT2D eigenvalue weighted by atomic mass is 32.2. The lowest BCUT2D eigenvalue weighted by Gasteiger charge is -2.34. The van der Waals surface area contributed by atoms with Crippen LogP contribution in [0.5, 0.6) is 0 Å². The number of nitrogens with one attached hydrogen (secondary N) is 2. The average molecular weight is 492 g/mol. The van der Waals surface area contributed by atoms with Crippen molar-refractivity contribution in [3.63, 3.8) is 0 Å². The first-order valence-corrected chi connectivity index (χ1v) is 12.7. The predicted molar refractivity (Wildman–Crippen MR) is 126 cm³/mol. The zero-order valence-corrected chi connectivity index (χ0v) is 20.1. The zero-order chi connectivity index (χ0) is 24.7. The summed E-state index contributed by atoms with van der Waals surface area (Å²) >= 11 is 0. The van der Waals surface area contributed by atoms with Gasteiger partial charge in [-0.3, -0.25) is 14.5 Å². The minimum atomic E-state index is -3.94. The normalized spacial score (nSPS) is 16.9. The number of carbonyl (C=O) groups excluding carboxylic acids is 2. The first-order valence-electron chi connectivity index (χ1n) is 11.2. The van der Waals surface area contributed by atoms with Gasteiger partial charge in [-0.2, -0.15) is 0 Å². The molecule has 2 N–H and O–H groups in total. The zero-order valence-electron chi connectivity index (χ0n) is 19.2. The lowest BCUT2D eigenvalue weighted by molar-refractivity contribution is -0.127. The fourth-order valence-electron chi connectivity index (χ4n) is 3.83. The standard InChI is InChI=1S/C24H30FN3O5S/c1-17(2)23(24(30)26-15-20-7-6-14-33-20)28(19-12-10-18(25)11-13-19)22(29)16-27-34(31,32)21-8-4-3-5-9-21/h3-5,8-13,17,20,23,27H,6-7,14-16H2,1-2H3,(H,26,30)/t20-,23-/m1/s1. The Bertz CT molecular complexity index is 1070. The van der Waals surface area contributed by atoms with Crippen molar-refractivity contribution in [2.45, 2.75) is 43.7 Å². The second-order valence-electron chi connectivity index (χ2n) is 8.45. The van der Waals surface area contributed by atoms with Crippen LogP contribution in [0.1, 0.15) is 26.7 Å². The number of carbonyl (C=O) groups is 2. The third kappa shape index (κ3) is 6.62. The van der Waals surface area contributed by atoms with E-state index in [1.807, 2.05) is 0 Å². The van der Waals surface area contributed by atoms with Crippen LogP contribution in [0.2, 0.25) is 0 Å². The van der Waals surface area contributed by atoms with Crippen LogP contribution in [0.3, 0.4) is 0 Å². The largest absolute Gasteiger partial charge is 0.376 e. The highest BCUT2D eigenvalue weighted by Gasteiger charge is 2.34. The number of amides is 2. The molecule has 0 radical (unpaired) electrons. The maximum atomic E-state index is 13.6. The van der Waals surface area contributed by atoms with E-state index in [1.54, 1.807) is 32.0 Å². The summed E-state index contributed by atoms with van der Waals surface area (Å²) in [4.78, 5) is 27.7. The van der Waals surface area contributed by atoms with Gasteiger partial charge < -0.3 is 10.1 Å². The number of anilines is 1. The predicted octanol–water partition coefficient (Wildman–Crippen LogP) is 2.46. The molecule has 1 aliphatic heterocycles. The fourth-order valence-corrected chi connectivity index (χ4v) is 4.82. The number of sulfonamides is 1. The van der Waals surface area contributed by atoms with Crippen LogP contribution < -0.4 is 14.9 Å². The van der Waals surface area contributed by atoms with Gasteiger partial charge in [0.25, 0.3) is 0 Å². The lowest BCUT2D eigenvalue weighted by Crippen LogP contribution is -2.55. The lowest BCUT2D eigenvalue weighted by atomic mass is 10.00. The Morgan fingerprint density at radius 1 is 1.12 bits per heavy atom. The van der Waals surface area contributed by atoms with Gasteiger partial charge in [0.2, 0.25) is 21.8 Å². The van der Waals surface area contributed by atoms with Gasteiger partial charge in [-0.15, -0.1) is 0 Å². The van der Waals surface area contributed by atoms with Gasteiger partial charge in [0.1, 0.15) is 11.9 Å². The van der Waals surface area contributed by atoms with Crippen LogP contribution in [0.15, 0.2) is 59.5 Å². The summed E-state index contributed by atoms with van der Waals surface area (Å²) in [6, 6.07) is 11.9. The van der Waals surface area contributed by atoms with Crippen molar-refractivity contribution < 1.29 is 27.1 Å². The minimum Gasteiger partial charge on any atom is -0.376 e. The summed E-state index contributed by atoms with van der Waals surface area (Å²) in [5, 5.41) is 2.85. The van der Waals surface area contributed by atoms with Crippen molar-refractivity contribution in [3.8, 4) is 0 Å². The molecular weight excluding hydrogens is 461 g/mol. The highest BCUT2D eigenvalue weighted by molar-refractivity contribution is 7.89. The molecule has 1 saturated heterocycles. The molecule has 2 atom stereocenters. The van der Waals surface area contributed by atoms with E-state index in [-0.39, 0.29) is 22.6 Å². The first-order chi connectivity index (χ1) is 16.2. The Hall–Kier alpha value is -2.82. The maximum absolute atomic E-state index is 13.6. The SMILES string of the molecule is CC(C)[C@H](C(=O)NC[C@H]1CCCO1)N(C(=O)CNS(=O)(=O)c1ccccc1)c1ccc(F)cc1. The molecule has 184 valence electrons. The molecule has 0 spiro atoms. The van der Waals surface area contributed by atoms with Gasteiger partial charge in [0, 0.05) is 18.8 Å². The van der Waals surface area contributed by atoms with Crippen LogP contribution in [0, 0.1) is 11.7 Å². The molecule has 2 aromatic rings. The van der Waals surface area contributed by atoms with Gasteiger partial charge in [-0.25, -0.2) is 17.5 Å². The molecule has 0 aromatic heterocycles. The molecule has 1 fully saturated rings. The van der Waals surface area contributed by atoms with Gasteiger partial charge in [0.05, 0.1) is 17.5 Å². The molecule has 3 rings (SSSR count). The molecule has 10 heteroatoms. The van der Waals surface area contributed by atoms with E-state index >= 15 is 0 Å². The fraction of sp³-hybridized carbons (Fsp3) is 0.417. The first kappa shape index (κ1) is 25.8. The summed E-state index contributed by atoms with van der Waals surface area (Å²) in [7, 11) is -3.94. The van der Waals surface area contributed by atoms with E-state index in [1.165, 1.54) is 41.3 Å². The third-order valence-electron chi connectivity index (χ3n) is 5.55. The van der Waals surface area contributed by atoms with E-state index in [4.69, 9.17) is 4.74 Å². The van der Waals surface area contributed by atoms with Crippen LogP contribution in [-0.2, 0) is 24.3 Å². The average Bonchev–Trinajstić information content (AvgIpc) is 3.34. The number of benzene rings is 2. The number of halogens is 1. The molecule has 0 aliphatic carbocycles. The highest BCUT2D eigenvalue weighted by Crippen LogP contribution is 2.23.